The van der Waals surface area contributed by atoms with E-state index in [1.807, 2.05) is 6.08 Å². The minimum absolute atomic E-state index is 0.424. The maximum atomic E-state index is 8.47. The highest BCUT2D eigenvalue weighted by Gasteiger charge is 2.46. The summed E-state index contributed by atoms with van der Waals surface area (Å²) < 4.78 is 0. The van der Waals surface area contributed by atoms with Crippen LogP contribution in [-0.2, 0) is 0 Å². The summed E-state index contributed by atoms with van der Waals surface area (Å²) in [5.74, 6) is 0.904. The first-order valence-electron chi connectivity index (χ1n) is 4.95. The van der Waals surface area contributed by atoms with Crippen molar-refractivity contribution in [1.82, 2.24) is 0 Å². The summed E-state index contributed by atoms with van der Waals surface area (Å²) in [6, 6.07) is 2.07. The Morgan fingerprint density at radius 1 is 1.54 bits per heavy atom. The zero-order valence-corrected chi connectivity index (χ0v) is 8.30. The van der Waals surface area contributed by atoms with Crippen LogP contribution < -0.4 is 0 Å². The Bertz CT molecular complexity index is 326. The first-order valence-corrected chi connectivity index (χ1v) is 4.95. The van der Waals surface area contributed by atoms with Crippen LogP contribution in [0.3, 0.4) is 0 Å². The van der Waals surface area contributed by atoms with Crippen LogP contribution in [0.25, 0.3) is 0 Å². The fourth-order valence-electron chi connectivity index (χ4n) is 2.69. The molecule has 3 rings (SSSR count). The fourth-order valence-corrected chi connectivity index (χ4v) is 2.69. The number of allylic oxidation sites excluding steroid dienone is 4. The van der Waals surface area contributed by atoms with Crippen molar-refractivity contribution in [3.8, 4) is 6.07 Å². The summed E-state index contributed by atoms with van der Waals surface area (Å²) >= 11 is 0. The summed E-state index contributed by atoms with van der Waals surface area (Å²) in [7, 11) is 0. The van der Waals surface area contributed by atoms with Crippen LogP contribution in [-0.4, -0.2) is 0 Å². The van der Waals surface area contributed by atoms with Gasteiger partial charge >= 0.3 is 0 Å². The van der Waals surface area contributed by atoms with Gasteiger partial charge in [-0.05, 0) is 42.2 Å². The number of fused-ring (bicyclic) bond motifs is 2. The third-order valence-electron chi connectivity index (χ3n) is 3.76. The van der Waals surface area contributed by atoms with E-state index in [0.717, 1.165) is 5.92 Å². The van der Waals surface area contributed by atoms with Crippen molar-refractivity contribution < 1.29 is 0 Å². The number of rotatable bonds is 1. The van der Waals surface area contributed by atoms with Gasteiger partial charge in [0.1, 0.15) is 0 Å². The predicted octanol–water partition coefficient (Wildman–Crippen LogP) is 3.20. The van der Waals surface area contributed by atoms with E-state index in [1.54, 1.807) is 11.6 Å². The smallest absolute Gasteiger partial charge is 0.0912 e. The molecule has 3 aliphatic carbocycles. The Balaban J connectivity index is 2.29. The number of nitriles is 1. The molecule has 0 heterocycles. The Morgan fingerprint density at radius 2 is 2.31 bits per heavy atom. The first kappa shape index (κ1) is 8.56. The number of nitrogens with zero attached hydrogens (tertiary/aromatic N) is 1. The van der Waals surface area contributed by atoms with Gasteiger partial charge in [-0.3, -0.25) is 0 Å². The van der Waals surface area contributed by atoms with Crippen LogP contribution >= 0.6 is 0 Å². The van der Waals surface area contributed by atoms with E-state index < -0.39 is 0 Å². The van der Waals surface area contributed by atoms with Crippen LogP contribution in [0.1, 0.15) is 33.1 Å². The highest BCUT2D eigenvalue weighted by atomic mass is 14.5. The van der Waals surface area contributed by atoms with Crippen molar-refractivity contribution >= 4 is 0 Å². The maximum absolute atomic E-state index is 8.47. The molecule has 0 aromatic carbocycles. The average Bonchev–Trinajstić information content (AvgIpc) is 2.14. The third-order valence-corrected chi connectivity index (χ3v) is 3.76. The molecule has 1 heteroatoms. The second kappa shape index (κ2) is 2.73. The van der Waals surface area contributed by atoms with E-state index in [2.05, 4.69) is 19.9 Å². The van der Waals surface area contributed by atoms with Crippen molar-refractivity contribution in [3.05, 3.63) is 23.3 Å². The Kier molecular flexibility index (Phi) is 1.80. The zero-order valence-electron chi connectivity index (χ0n) is 8.30. The maximum Gasteiger partial charge on any atom is 0.0912 e. The van der Waals surface area contributed by atoms with Gasteiger partial charge in [-0.15, -0.1) is 0 Å². The summed E-state index contributed by atoms with van der Waals surface area (Å²) in [6.07, 6.45) is 7.38. The van der Waals surface area contributed by atoms with Gasteiger partial charge in [0.05, 0.1) is 6.07 Å². The second-order valence-electron chi connectivity index (χ2n) is 4.63. The Labute approximate surface area is 79.8 Å². The van der Waals surface area contributed by atoms with E-state index in [9.17, 15) is 0 Å². The summed E-state index contributed by atoms with van der Waals surface area (Å²) in [5.41, 5.74) is 3.44. The van der Waals surface area contributed by atoms with E-state index >= 15 is 0 Å². The molecule has 1 nitrogen and oxygen atoms in total. The second-order valence-corrected chi connectivity index (χ2v) is 4.63. The topological polar surface area (TPSA) is 23.8 Å². The van der Waals surface area contributed by atoms with E-state index in [1.165, 1.54) is 24.8 Å². The number of hydrogen-bond donors (Lipinski definition) is 0. The van der Waals surface area contributed by atoms with Crippen molar-refractivity contribution in [2.75, 3.05) is 0 Å². The van der Waals surface area contributed by atoms with E-state index in [4.69, 9.17) is 5.26 Å². The molecule has 0 aliphatic heterocycles. The molecular formula is C12H15N. The Hall–Kier alpha value is -1.03. The van der Waals surface area contributed by atoms with Gasteiger partial charge in [-0.2, -0.15) is 5.26 Å². The minimum Gasteiger partial charge on any atom is -0.193 e. The van der Waals surface area contributed by atoms with Crippen LogP contribution in [0, 0.1) is 22.7 Å². The largest absolute Gasteiger partial charge is 0.193 e. The molecule has 3 aliphatic rings. The molecule has 0 spiro atoms. The molecule has 0 N–H and O–H groups in total. The van der Waals surface area contributed by atoms with Crippen LogP contribution in [0.5, 0.6) is 0 Å². The lowest BCUT2D eigenvalue weighted by Gasteiger charge is -2.52. The normalized spacial score (nSPS) is 30.1. The fraction of sp³-hybridized carbons (Fsp3) is 0.583. The van der Waals surface area contributed by atoms with Gasteiger partial charge in [0.2, 0.25) is 0 Å². The highest BCUT2D eigenvalue weighted by Crippen LogP contribution is 2.58. The molecule has 0 saturated heterocycles. The third kappa shape index (κ3) is 1.13. The van der Waals surface area contributed by atoms with Crippen LogP contribution in [0.15, 0.2) is 23.3 Å². The van der Waals surface area contributed by atoms with Gasteiger partial charge in [0, 0.05) is 6.08 Å². The lowest BCUT2D eigenvalue weighted by Crippen LogP contribution is -2.41. The quantitative estimate of drug-likeness (QED) is 0.558. The van der Waals surface area contributed by atoms with Crippen molar-refractivity contribution in [2.45, 2.75) is 33.1 Å². The van der Waals surface area contributed by atoms with Crippen molar-refractivity contribution in [1.29, 1.82) is 5.26 Å². The van der Waals surface area contributed by atoms with Gasteiger partial charge in [-0.25, -0.2) is 0 Å². The molecule has 13 heavy (non-hydrogen) atoms. The molecule has 0 amide bonds. The van der Waals surface area contributed by atoms with Gasteiger partial charge in [0.25, 0.3) is 0 Å². The zero-order chi connectivity index (χ0) is 9.47. The lowest BCUT2D eigenvalue weighted by atomic mass is 9.52. The van der Waals surface area contributed by atoms with E-state index in [-0.39, 0.29) is 0 Å². The molecule has 1 unspecified atom stereocenters. The standard InChI is InChI=1S/C12H15N/c1-12(2)10-6-5-9(4-3-7-13)11(12)8-10/h3-4,10H,5-6,8H2,1-2H3. The molecule has 1 saturated carbocycles. The van der Waals surface area contributed by atoms with Crippen LogP contribution in [0.2, 0.25) is 0 Å². The molecular weight excluding hydrogens is 158 g/mol. The first-order chi connectivity index (χ1) is 6.16. The average molecular weight is 173 g/mol. The monoisotopic (exact) mass is 173 g/mol. The molecule has 0 aromatic rings. The van der Waals surface area contributed by atoms with Crippen molar-refractivity contribution in [3.63, 3.8) is 0 Å². The lowest BCUT2D eigenvalue weighted by molar-refractivity contribution is 0.135. The molecule has 1 fully saturated rings. The van der Waals surface area contributed by atoms with Crippen molar-refractivity contribution in [2.24, 2.45) is 11.3 Å². The molecule has 0 radical (unpaired) electrons. The van der Waals surface area contributed by atoms with Gasteiger partial charge < -0.3 is 0 Å². The highest BCUT2D eigenvalue weighted by molar-refractivity contribution is 5.40. The molecule has 2 bridgehead atoms. The molecule has 0 aromatic heterocycles. The Morgan fingerprint density at radius 3 is 2.85 bits per heavy atom. The summed E-state index contributed by atoms with van der Waals surface area (Å²) in [4.78, 5) is 0. The molecule has 68 valence electrons. The summed E-state index contributed by atoms with van der Waals surface area (Å²) in [5, 5.41) is 8.47. The SMILES string of the molecule is CC1(C)C2=C(C=CC#N)CCC1C2. The van der Waals surface area contributed by atoms with Gasteiger partial charge in [-0.1, -0.05) is 19.4 Å². The van der Waals surface area contributed by atoms with Gasteiger partial charge in [0.15, 0.2) is 0 Å². The predicted molar refractivity (Wildman–Crippen MR) is 52.9 cm³/mol. The molecule has 1 atom stereocenters. The summed E-state index contributed by atoms with van der Waals surface area (Å²) in [6.45, 7) is 4.66. The van der Waals surface area contributed by atoms with E-state index in [0.29, 0.717) is 5.41 Å². The minimum atomic E-state index is 0.424. The van der Waals surface area contributed by atoms with Crippen LogP contribution in [0.4, 0.5) is 0 Å². The number of hydrogen-bond acceptors (Lipinski definition) is 1.